The zero-order valence-corrected chi connectivity index (χ0v) is 15.8. The fraction of sp³-hybridized carbons (Fsp3) is 0.500. The molecule has 1 aromatic carbocycles. The van der Waals surface area contributed by atoms with Gasteiger partial charge in [0.15, 0.2) is 0 Å². The van der Waals surface area contributed by atoms with E-state index in [1.54, 1.807) is 14.1 Å². The molecule has 1 saturated heterocycles. The quantitative estimate of drug-likeness (QED) is 0.710. The summed E-state index contributed by atoms with van der Waals surface area (Å²) in [7, 11) is 0.785. The first-order chi connectivity index (χ1) is 12.3. The molecule has 0 atom stereocenters. The highest BCUT2D eigenvalue weighted by Crippen LogP contribution is 2.25. The second kappa shape index (κ2) is 8.47. The van der Waals surface area contributed by atoms with Crippen molar-refractivity contribution in [3.05, 3.63) is 23.8 Å². The molecule has 2 amide bonds. The molecule has 9 nitrogen and oxygen atoms in total. The first-order valence-corrected chi connectivity index (χ1v) is 9.45. The molecule has 0 saturated carbocycles. The van der Waals surface area contributed by atoms with Crippen molar-refractivity contribution in [2.45, 2.75) is 4.90 Å². The van der Waals surface area contributed by atoms with Gasteiger partial charge in [0, 0.05) is 27.2 Å². The first-order valence-electron chi connectivity index (χ1n) is 8.01. The Balaban J connectivity index is 2.27. The van der Waals surface area contributed by atoms with Gasteiger partial charge in [-0.15, -0.1) is 0 Å². The van der Waals surface area contributed by atoms with Crippen LogP contribution in [0.1, 0.15) is 10.4 Å². The Bertz CT molecular complexity index is 772. The number of carbonyl (C=O) groups is 2. The molecule has 1 heterocycles. The number of rotatable bonds is 6. The van der Waals surface area contributed by atoms with E-state index in [9.17, 15) is 18.0 Å². The molecule has 1 aliphatic heterocycles. The molecule has 1 N–H and O–H groups in total. The van der Waals surface area contributed by atoms with Gasteiger partial charge in [-0.3, -0.25) is 9.59 Å². The second-order valence-electron chi connectivity index (χ2n) is 5.85. The van der Waals surface area contributed by atoms with Crippen molar-refractivity contribution in [3.8, 4) is 5.75 Å². The Labute approximate surface area is 152 Å². The SMILES string of the molecule is COc1ccc(S(=O)(=O)N2CCOCC2)cc1C(=O)NCC(=O)N(C)C. The standard InChI is InChI=1S/C16H23N3O6S/c1-18(2)15(20)11-17-16(21)13-10-12(4-5-14(13)24-3)26(22,23)19-6-8-25-9-7-19/h4-5,10H,6-9,11H2,1-3H3,(H,17,21). The fourth-order valence-corrected chi connectivity index (χ4v) is 3.80. The minimum Gasteiger partial charge on any atom is -0.496 e. The number of likely N-dealkylation sites (N-methyl/N-ethyl adjacent to an activating group) is 1. The molecule has 144 valence electrons. The van der Waals surface area contributed by atoms with Crippen LogP contribution in [0.25, 0.3) is 0 Å². The van der Waals surface area contributed by atoms with E-state index in [2.05, 4.69) is 5.32 Å². The Hall–Kier alpha value is -2.17. The number of carbonyl (C=O) groups excluding carboxylic acids is 2. The molecule has 0 aromatic heterocycles. The maximum Gasteiger partial charge on any atom is 0.255 e. The summed E-state index contributed by atoms with van der Waals surface area (Å²) in [5.41, 5.74) is 0.0494. The number of nitrogens with one attached hydrogen (secondary N) is 1. The monoisotopic (exact) mass is 385 g/mol. The van der Waals surface area contributed by atoms with Crippen molar-refractivity contribution < 1.29 is 27.5 Å². The average molecular weight is 385 g/mol. The van der Waals surface area contributed by atoms with Crippen LogP contribution in [-0.4, -0.2) is 83.5 Å². The van der Waals surface area contributed by atoms with Crippen molar-refractivity contribution >= 4 is 21.8 Å². The van der Waals surface area contributed by atoms with E-state index in [1.807, 2.05) is 0 Å². The van der Waals surface area contributed by atoms with Gasteiger partial charge in [0.25, 0.3) is 5.91 Å². The van der Waals surface area contributed by atoms with Crippen molar-refractivity contribution in [2.75, 3.05) is 54.1 Å². The molecule has 1 aromatic rings. The van der Waals surface area contributed by atoms with E-state index in [0.717, 1.165) is 0 Å². The van der Waals surface area contributed by atoms with E-state index in [1.165, 1.54) is 34.5 Å². The summed E-state index contributed by atoms with van der Waals surface area (Å²) in [6, 6.07) is 4.08. The van der Waals surface area contributed by atoms with E-state index >= 15 is 0 Å². The third-order valence-electron chi connectivity index (χ3n) is 3.92. The summed E-state index contributed by atoms with van der Waals surface area (Å²) in [6.07, 6.45) is 0. The number of morpholine rings is 1. The summed E-state index contributed by atoms with van der Waals surface area (Å²) >= 11 is 0. The number of benzene rings is 1. The molecule has 0 spiro atoms. The predicted molar refractivity (Wildman–Crippen MR) is 93.6 cm³/mol. The molecular formula is C16H23N3O6S. The Morgan fingerprint density at radius 3 is 2.50 bits per heavy atom. The highest BCUT2D eigenvalue weighted by molar-refractivity contribution is 7.89. The van der Waals surface area contributed by atoms with Crippen molar-refractivity contribution in [1.82, 2.24) is 14.5 Å². The van der Waals surface area contributed by atoms with Crippen molar-refractivity contribution in [3.63, 3.8) is 0 Å². The average Bonchev–Trinajstić information content (AvgIpc) is 2.65. The molecule has 1 aliphatic rings. The number of ether oxygens (including phenoxy) is 2. The second-order valence-corrected chi connectivity index (χ2v) is 7.79. The van der Waals surface area contributed by atoms with Gasteiger partial charge in [-0.05, 0) is 18.2 Å². The molecule has 0 radical (unpaired) electrons. The van der Waals surface area contributed by atoms with E-state index in [4.69, 9.17) is 9.47 Å². The summed E-state index contributed by atoms with van der Waals surface area (Å²) in [5, 5.41) is 2.47. The Morgan fingerprint density at radius 1 is 1.27 bits per heavy atom. The normalized spacial score (nSPS) is 15.3. The highest BCUT2D eigenvalue weighted by atomic mass is 32.2. The number of hydrogen-bond donors (Lipinski definition) is 1. The lowest BCUT2D eigenvalue weighted by Crippen LogP contribution is -2.40. The summed E-state index contributed by atoms with van der Waals surface area (Å²) in [6.45, 7) is 0.973. The fourth-order valence-electron chi connectivity index (χ4n) is 2.37. The number of methoxy groups -OCH3 is 1. The highest BCUT2D eigenvalue weighted by Gasteiger charge is 2.28. The molecule has 0 aliphatic carbocycles. The summed E-state index contributed by atoms with van der Waals surface area (Å²) in [5.74, 6) is -0.647. The minimum absolute atomic E-state index is 0.00992. The van der Waals surface area contributed by atoms with Crippen molar-refractivity contribution in [2.24, 2.45) is 0 Å². The van der Waals surface area contributed by atoms with Crippen LogP contribution in [0.15, 0.2) is 23.1 Å². The zero-order chi connectivity index (χ0) is 19.3. The largest absolute Gasteiger partial charge is 0.496 e. The van der Waals surface area contributed by atoms with Crippen molar-refractivity contribution in [1.29, 1.82) is 0 Å². The summed E-state index contributed by atoms with van der Waals surface area (Å²) < 4.78 is 37.1. The topological polar surface area (TPSA) is 105 Å². The maximum atomic E-state index is 12.8. The van der Waals surface area contributed by atoms with E-state index in [-0.39, 0.29) is 41.7 Å². The molecular weight excluding hydrogens is 362 g/mol. The maximum absolute atomic E-state index is 12.8. The smallest absolute Gasteiger partial charge is 0.255 e. The Morgan fingerprint density at radius 2 is 1.92 bits per heavy atom. The third kappa shape index (κ3) is 4.51. The number of sulfonamides is 1. The lowest BCUT2D eigenvalue weighted by molar-refractivity contribution is -0.127. The van der Waals surface area contributed by atoms with Gasteiger partial charge in [0.2, 0.25) is 15.9 Å². The number of amides is 2. The van der Waals surface area contributed by atoms with Gasteiger partial charge in [-0.2, -0.15) is 4.31 Å². The number of nitrogens with zero attached hydrogens (tertiary/aromatic N) is 2. The van der Waals surface area contributed by atoms with Gasteiger partial charge in [-0.1, -0.05) is 0 Å². The van der Waals surface area contributed by atoms with Crippen LogP contribution in [0.3, 0.4) is 0 Å². The lowest BCUT2D eigenvalue weighted by Gasteiger charge is -2.26. The molecule has 26 heavy (non-hydrogen) atoms. The van der Waals surface area contributed by atoms with Gasteiger partial charge < -0.3 is 19.7 Å². The van der Waals surface area contributed by atoms with Crippen LogP contribution >= 0.6 is 0 Å². The van der Waals surface area contributed by atoms with Gasteiger partial charge in [-0.25, -0.2) is 8.42 Å². The molecule has 1 fully saturated rings. The lowest BCUT2D eigenvalue weighted by atomic mass is 10.2. The zero-order valence-electron chi connectivity index (χ0n) is 15.0. The van der Waals surface area contributed by atoms with Crippen LogP contribution < -0.4 is 10.1 Å². The van der Waals surface area contributed by atoms with Crippen LogP contribution in [0.2, 0.25) is 0 Å². The van der Waals surface area contributed by atoms with Crippen LogP contribution in [0.4, 0.5) is 0 Å². The number of hydrogen-bond acceptors (Lipinski definition) is 6. The first kappa shape index (κ1) is 20.1. The third-order valence-corrected chi connectivity index (χ3v) is 5.82. The van der Waals surface area contributed by atoms with E-state index < -0.39 is 15.9 Å². The Kier molecular flexibility index (Phi) is 6.57. The van der Waals surface area contributed by atoms with Gasteiger partial charge in [0.05, 0.1) is 37.3 Å². The van der Waals surface area contributed by atoms with Crippen LogP contribution in [0.5, 0.6) is 5.75 Å². The predicted octanol–water partition coefficient (Wildman–Crippen LogP) is -0.466. The van der Waals surface area contributed by atoms with E-state index in [0.29, 0.717) is 13.2 Å². The molecule has 0 bridgehead atoms. The van der Waals surface area contributed by atoms with Gasteiger partial charge >= 0.3 is 0 Å². The molecule has 2 rings (SSSR count). The van der Waals surface area contributed by atoms with Crippen LogP contribution in [-0.2, 0) is 19.6 Å². The summed E-state index contributed by atoms with van der Waals surface area (Å²) in [4.78, 5) is 25.4. The van der Waals surface area contributed by atoms with Gasteiger partial charge in [0.1, 0.15) is 5.75 Å². The van der Waals surface area contributed by atoms with Crippen LogP contribution in [0, 0.1) is 0 Å². The molecule has 0 unspecified atom stereocenters. The molecule has 10 heteroatoms. The minimum atomic E-state index is -3.75.